The average molecular weight is 672 g/mol. The molecule has 46 heavy (non-hydrogen) atoms. The predicted octanol–water partition coefficient (Wildman–Crippen LogP) is 6.62. The normalized spacial score (nSPS) is 24.8. The van der Waals surface area contributed by atoms with Gasteiger partial charge < -0.3 is 28.9 Å². The summed E-state index contributed by atoms with van der Waals surface area (Å²) in [6.07, 6.45) is -1.98. The second-order valence-corrected chi connectivity index (χ2v) is 15.7. The third-order valence-electron chi connectivity index (χ3n) is 8.89. The molecule has 1 spiro atoms. The fourth-order valence-electron chi connectivity index (χ4n) is 6.73. The average Bonchev–Trinajstić information content (AvgIpc) is 3.61. The number of hydrogen-bond donors (Lipinski definition) is 0. The van der Waals surface area contributed by atoms with E-state index in [0.717, 1.165) is 24.2 Å². The molecule has 2 fully saturated rings. The monoisotopic (exact) mass is 671 g/mol. The highest BCUT2D eigenvalue weighted by Gasteiger charge is 2.61. The first-order valence-electron chi connectivity index (χ1n) is 15.9. The van der Waals surface area contributed by atoms with Crippen molar-refractivity contribution < 1.29 is 41.8 Å². The summed E-state index contributed by atoms with van der Waals surface area (Å²) < 4.78 is 59.1. The number of ether oxygens (including phenoxy) is 3. The molecular formula is C33H48F3N3O6S. The smallest absolute Gasteiger partial charge is 0.417 e. The maximum Gasteiger partial charge on any atom is 0.417 e. The minimum absolute atomic E-state index is 0.0117. The van der Waals surface area contributed by atoms with Gasteiger partial charge >= 0.3 is 12.3 Å². The van der Waals surface area contributed by atoms with Crippen molar-refractivity contribution >= 4 is 35.4 Å². The predicted molar refractivity (Wildman–Crippen MR) is 170 cm³/mol. The molecule has 13 heteroatoms. The molecule has 0 aromatic heterocycles. The zero-order valence-corrected chi connectivity index (χ0v) is 29.0. The van der Waals surface area contributed by atoms with Crippen molar-refractivity contribution in [1.82, 2.24) is 9.80 Å². The summed E-state index contributed by atoms with van der Waals surface area (Å²) in [5.74, 6) is -1.02. The second kappa shape index (κ2) is 13.5. The third-order valence-corrected chi connectivity index (χ3v) is 10.2. The summed E-state index contributed by atoms with van der Waals surface area (Å²) in [5.41, 5.74) is -2.30. The molecule has 0 radical (unpaired) electrons. The van der Waals surface area contributed by atoms with E-state index in [1.807, 2.05) is 0 Å². The van der Waals surface area contributed by atoms with Crippen LogP contribution in [0.5, 0.6) is 0 Å². The van der Waals surface area contributed by atoms with E-state index in [9.17, 15) is 27.6 Å². The number of carbonyl (C=O) groups excluding carboxylic acids is 3. The first-order chi connectivity index (χ1) is 21.4. The number of halogens is 3. The van der Waals surface area contributed by atoms with Crippen molar-refractivity contribution in [2.75, 3.05) is 52.0 Å². The molecule has 1 aliphatic carbocycles. The number of benzene rings is 1. The Hall–Kier alpha value is -2.51. The summed E-state index contributed by atoms with van der Waals surface area (Å²) >= 11 is 1.03. The van der Waals surface area contributed by atoms with Crippen LogP contribution in [0.4, 0.5) is 23.7 Å². The maximum absolute atomic E-state index is 14.7. The van der Waals surface area contributed by atoms with Gasteiger partial charge in [-0.15, -0.1) is 11.8 Å². The standard InChI is InChI=1S/C33H48F3N3O6S/c1-21(2)39(26-18-32(26)12-11-13-37(19-32)29(42)45-30(3,4)5)27(40)22-16-24-25(17-23(22)33(34,35)36)46-31(6,20-44-8)28(41)38(24)14-9-10-15-43-7/h16-17,21,26H,9-15,18-20H2,1-8H3. The Morgan fingerprint density at radius 3 is 2.41 bits per heavy atom. The van der Waals surface area contributed by atoms with Crippen LogP contribution in [-0.4, -0.2) is 97.2 Å². The Morgan fingerprint density at radius 2 is 1.83 bits per heavy atom. The van der Waals surface area contributed by atoms with Crippen molar-refractivity contribution in [1.29, 1.82) is 0 Å². The summed E-state index contributed by atoms with van der Waals surface area (Å²) in [5, 5.41) is 0. The van der Waals surface area contributed by atoms with E-state index in [4.69, 9.17) is 14.2 Å². The zero-order valence-electron chi connectivity index (χ0n) is 28.2. The topological polar surface area (TPSA) is 88.6 Å². The third kappa shape index (κ3) is 7.62. The van der Waals surface area contributed by atoms with Gasteiger partial charge in [-0.3, -0.25) is 9.59 Å². The number of likely N-dealkylation sites (tertiary alicyclic amines) is 1. The summed E-state index contributed by atoms with van der Waals surface area (Å²) in [7, 11) is 3.03. The van der Waals surface area contributed by atoms with Crippen molar-refractivity contribution in [3.8, 4) is 0 Å². The van der Waals surface area contributed by atoms with Crippen LogP contribution >= 0.6 is 11.8 Å². The van der Waals surface area contributed by atoms with Crippen molar-refractivity contribution in [2.45, 2.75) is 107 Å². The number of carbonyl (C=O) groups is 3. The Kier molecular flexibility index (Phi) is 10.7. The molecule has 3 unspecified atom stereocenters. The molecule has 1 saturated heterocycles. The lowest BCUT2D eigenvalue weighted by Gasteiger charge is -2.40. The van der Waals surface area contributed by atoms with Gasteiger partial charge in [-0.1, -0.05) is 0 Å². The van der Waals surface area contributed by atoms with Crippen molar-refractivity contribution in [2.24, 2.45) is 5.41 Å². The molecule has 3 amide bonds. The van der Waals surface area contributed by atoms with E-state index in [0.29, 0.717) is 51.1 Å². The van der Waals surface area contributed by atoms with Crippen LogP contribution in [0.3, 0.4) is 0 Å². The minimum atomic E-state index is -4.81. The maximum atomic E-state index is 14.7. The van der Waals surface area contributed by atoms with Crippen molar-refractivity contribution in [3.63, 3.8) is 0 Å². The van der Waals surface area contributed by atoms with Crippen LogP contribution in [0.1, 0.15) is 89.6 Å². The molecular weight excluding hydrogens is 623 g/mol. The van der Waals surface area contributed by atoms with Gasteiger partial charge in [0.1, 0.15) is 10.3 Å². The molecule has 3 aliphatic rings. The molecule has 1 aromatic carbocycles. The zero-order chi connectivity index (χ0) is 34.2. The van der Waals surface area contributed by atoms with Gasteiger partial charge in [0, 0.05) is 62.9 Å². The molecule has 258 valence electrons. The van der Waals surface area contributed by atoms with E-state index in [1.165, 1.54) is 18.1 Å². The van der Waals surface area contributed by atoms with Gasteiger partial charge in [-0.25, -0.2) is 4.79 Å². The van der Waals surface area contributed by atoms with E-state index < -0.39 is 51.1 Å². The lowest BCUT2D eigenvalue weighted by Crippen LogP contribution is -2.51. The number of methoxy groups -OCH3 is 2. The molecule has 2 aliphatic heterocycles. The summed E-state index contributed by atoms with van der Waals surface area (Å²) in [6.45, 7) is 12.3. The first kappa shape index (κ1) is 36.3. The quantitative estimate of drug-likeness (QED) is 0.259. The Bertz CT molecular complexity index is 1320. The minimum Gasteiger partial charge on any atom is -0.444 e. The lowest BCUT2D eigenvalue weighted by atomic mass is 9.93. The molecule has 0 N–H and O–H groups in total. The van der Waals surface area contributed by atoms with E-state index in [1.54, 1.807) is 58.5 Å². The van der Waals surface area contributed by atoms with Crippen LogP contribution in [0.2, 0.25) is 0 Å². The number of anilines is 1. The molecule has 4 rings (SSSR count). The molecule has 2 heterocycles. The molecule has 9 nitrogen and oxygen atoms in total. The highest BCUT2D eigenvalue weighted by atomic mass is 32.2. The number of nitrogens with zero attached hydrogens (tertiary/aromatic N) is 3. The van der Waals surface area contributed by atoms with Gasteiger partial charge in [0.2, 0.25) is 5.91 Å². The number of unbranched alkanes of at least 4 members (excludes halogenated alkanes) is 1. The molecule has 1 aromatic rings. The fourth-order valence-corrected chi connectivity index (χ4v) is 8.04. The summed E-state index contributed by atoms with van der Waals surface area (Å²) in [4.78, 5) is 46.0. The van der Waals surface area contributed by atoms with Crippen LogP contribution in [0.15, 0.2) is 17.0 Å². The van der Waals surface area contributed by atoms with Gasteiger partial charge in [-0.05, 0) is 85.8 Å². The van der Waals surface area contributed by atoms with Gasteiger partial charge in [0.25, 0.3) is 5.91 Å². The highest BCUT2D eigenvalue weighted by molar-refractivity contribution is 8.01. The Labute approximate surface area is 274 Å². The number of alkyl halides is 3. The van der Waals surface area contributed by atoms with Gasteiger partial charge in [0.15, 0.2) is 0 Å². The lowest BCUT2D eigenvalue weighted by molar-refractivity contribution is -0.138. The largest absolute Gasteiger partial charge is 0.444 e. The highest BCUT2D eigenvalue weighted by Crippen LogP contribution is 2.57. The Morgan fingerprint density at radius 1 is 1.13 bits per heavy atom. The number of amides is 3. The van der Waals surface area contributed by atoms with E-state index in [-0.39, 0.29) is 30.0 Å². The molecule has 3 atom stereocenters. The fraction of sp³-hybridized carbons (Fsp3) is 0.727. The Balaban J connectivity index is 1.72. The van der Waals surface area contributed by atoms with Crippen LogP contribution in [-0.2, 0) is 25.2 Å². The van der Waals surface area contributed by atoms with Crippen LogP contribution < -0.4 is 4.90 Å². The van der Waals surface area contributed by atoms with E-state index in [2.05, 4.69) is 0 Å². The van der Waals surface area contributed by atoms with Gasteiger partial charge in [0.05, 0.1) is 23.4 Å². The number of fused-ring (bicyclic) bond motifs is 1. The number of hydrogen-bond acceptors (Lipinski definition) is 7. The van der Waals surface area contributed by atoms with Gasteiger partial charge in [-0.2, -0.15) is 13.2 Å². The number of rotatable bonds is 10. The molecule has 0 bridgehead atoms. The van der Waals surface area contributed by atoms with E-state index >= 15 is 0 Å². The summed E-state index contributed by atoms with van der Waals surface area (Å²) in [6, 6.07) is 1.53. The first-order valence-corrected chi connectivity index (χ1v) is 16.7. The SMILES string of the molecule is COCCCCN1C(=O)C(C)(COC)Sc2cc(C(F)(F)F)c(C(=O)N(C(C)C)C3CC34CCCN(C(=O)OC(C)(C)C)C4)cc21. The second-order valence-electron chi connectivity index (χ2n) is 14.2. The number of piperidine rings is 1. The van der Waals surface area contributed by atoms with Crippen molar-refractivity contribution in [3.05, 3.63) is 23.3 Å². The number of thioether (sulfide) groups is 1. The van der Waals surface area contributed by atoms with Crippen LogP contribution in [0, 0.1) is 5.41 Å². The van der Waals surface area contributed by atoms with Crippen LogP contribution in [0.25, 0.3) is 0 Å². The molecule has 1 saturated carbocycles.